The molecule has 2 rings (SSSR count). The zero-order valence-electron chi connectivity index (χ0n) is 11.1. The molecule has 0 aliphatic rings. The van der Waals surface area contributed by atoms with Crippen molar-refractivity contribution in [1.29, 1.82) is 0 Å². The van der Waals surface area contributed by atoms with E-state index in [2.05, 4.69) is 21.2 Å². The molecule has 3 nitrogen and oxygen atoms in total. The highest BCUT2D eigenvalue weighted by molar-refractivity contribution is 9.10. The van der Waals surface area contributed by atoms with Crippen LogP contribution in [-0.4, -0.2) is 11.0 Å². The molecule has 0 spiro atoms. The van der Waals surface area contributed by atoms with Crippen molar-refractivity contribution in [3.8, 4) is 5.75 Å². The molecule has 0 fully saturated rings. The topological polar surface area (TPSA) is 49.3 Å². The summed E-state index contributed by atoms with van der Waals surface area (Å²) in [6.45, 7) is 1.95. The summed E-state index contributed by atoms with van der Waals surface area (Å²) < 4.78 is 1.01. The average Bonchev–Trinajstić information content (AvgIpc) is 2.39. The Balaban J connectivity index is 1.95. The van der Waals surface area contributed by atoms with E-state index in [0.717, 1.165) is 15.6 Å². The van der Waals surface area contributed by atoms with Gasteiger partial charge in [-0.2, -0.15) is 0 Å². The number of benzene rings is 2. The van der Waals surface area contributed by atoms with Crippen molar-refractivity contribution in [2.24, 2.45) is 0 Å². The minimum atomic E-state index is -0.0639. The molecule has 0 aromatic heterocycles. The summed E-state index contributed by atoms with van der Waals surface area (Å²) >= 11 is 3.39. The largest absolute Gasteiger partial charge is 0.508 e. The normalized spacial score (nSPS) is 11.9. The van der Waals surface area contributed by atoms with Gasteiger partial charge in [0.05, 0.1) is 12.5 Å². The molecule has 0 saturated carbocycles. The molecular formula is C16H16BrNO2. The van der Waals surface area contributed by atoms with Gasteiger partial charge < -0.3 is 10.4 Å². The molecule has 104 valence electrons. The Labute approximate surface area is 126 Å². The quantitative estimate of drug-likeness (QED) is 0.898. The van der Waals surface area contributed by atoms with Gasteiger partial charge in [-0.15, -0.1) is 0 Å². The van der Waals surface area contributed by atoms with Crippen LogP contribution in [0.2, 0.25) is 0 Å². The molecule has 0 radical (unpaired) electrons. The molecule has 1 atom stereocenters. The third-order valence-electron chi connectivity index (χ3n) is 3.02. The van der Waals surface area contributed by atoms with Crippen molar-refractivity contribution in [1.82, 2.24) is 5.32 Å². The van der Waals surface area contributed by atoms with Crippen LogP contribution in [0, 0.1) is 0 Å². The number of phenols is 1. The summed E-state index contributed by atoms with van der Waals surface area (Å²) in [6.07, 6.45) is 0.259. The van der Waals surface area contributed by atoms with E-state index in [4.69, 9.17) is 0 Å². The van der Waals surface area contributed by atoms with Gasteiger partial charge in [-0.05, 0) is 42.3 Å². The van der Waals surface area contributed by atoms with Crippen LogP contribution in [0.1, 0.15) is 24.1 Å². The molecule has 2 aromatic rings. The van der Waals surface area contributed by atoms with Crippen LogP contribution in [0.4, 0.5) is 0 Å². The summed E-state index contributed by atoms with van der Waals surface area (Å²) in [4.78, 5) is 12.0. The summed E-state index contributed by atoms with van der Waals surface area (Å²) in [5, 5.41) is 12.3. The Bertz CT molecular complexity index is 596. The number of rotatable bonds is 4. The van der Waals surface area contributed by atoms with Crippen molar-refractivity contribution in [2.45, 2.75) is 19.4 Å². The maximum absolute atomic E-state index is 12.0. The number of amides is 1. The maximum Gasteiger partial charge on any atom is 0.224 e. The fraction of sp³-hybridized carbons (Fsp3) is 0.188. The number of nitrogens with one attached hydrogen (secondary N) is 1. The van der Waals surface area contributed by atoms with Gasteiger partial charge in [0.2, 0.25) is 5.91 Å². The number of carbonyl (C=O) groups is 1. The van der Waals surface area contributed by atoms with Gasteiger partial charge in [0.1, 0.15) is 5.75 Å². The minimum Gasteiger partial charge on any atom is -0.508 e. The average molecular weight is 334 g/mol. The van der Waals surface area contributed by atoms with Crippen LogP contribution in [0.3, 0.4) is 0 Å². The Morgan fingerprint density at radius 2 is 1.95 bits per heavy atom. The van der Waals surface area contributed by atoms with Crippen LogP contribution in [0.15, 0.2) is 53.0 Å². The van der Waals surface area contributed by atoms with E-state index in [0.29, 0.717) is 0 Å². The fourth-order valence-electron chi connectivity index (χ4n) is 1.98. The second-order valence-corrected chi connectivity index (χ2v) is 5.60. The van der Waals surface area contributed by atoms with E-state index in [-0.39, 0.29) is 24.1 Å². The highest BCUT2D eigenvalue weighted by Gasteiger charge is 2.10. The predicted octanol–water partition coefficient (Wildman–Crippen LogP) is 3.57. The number of hydrogen-bond donors (Lipinski definition) is 2. The lowest BCUT2D eigenvalue weighted by molar-refractivity contribution is -0.121. The molecule has 0 bridgehead atoms. The third-order valence-corrected chi connectivity index (χ3v) is 3.55. The van der Waals surface area contributed by atoms with Gasteiger partial charge in [-0.3, -0.25) is 4.79 Å². The Morgan fingerprint density at radius 3 is 2.60 bits per heavy atom. The van der Waals surface area contributed by atoms with E-state index < -0.39 is 0 Å². The lowest BCUT2D eigenvalue weighted by Crippen LogP contribution is -2.28. The predicted molar refractivity (Wildman–Crippen MR) is 82.5 cm³/mol. The molecule has 0 aliphatic carbocycles. The first-order valence-electron chi connectivity index (χ1n) is 6.37. The molecule has 0 aliphatic heterocycles. The lowest BCUT2D eigenvalue weighted by atomic mass is 10.1. The Hall–Kier alpha value is -1.81. The van der Waals surface area contributed by atoms with Crippen LogP contribution in [0.25, 0.3) is 0 Å². The molecule has 1 amide bonds. The van der Waals surface area contributed by atoms with Gasteiger partial charge in [0.25, 0.3) is 0 Å². The fourth-order valence-corrected chi connectivity index (χ4v) is 2.24. The molecule has 0 heterocycles. The van der Waals surface area contributed by atoms with Gasteiger partial charge in [0, 0.05) is 4.47 Å². The first-order chi connectivity index (χ1) is 9.54. The van der Waals surface area contributed by atoms with Gasteiger partial charge in [0.15, 0.2) is 0 Å². The minimum absolute atomic E-state index is 0.0482. The summed E-state index contributed by atoms with van der Waals surface area (Å²) in [5.74, 6) is 0.113. The highest BCUT2D eigenvalue weighted by Crippen LogP contribution is 2.17. The van der Waals surface area contributed by atoms with Crippen molar-refractivity contribution in [3.63, 3.8) is 0 Å². The van der Waals surface area contributed by atoms with Crippen molar-refractivity contribution < 1.29 is 9.90 Å². The number of phenolic OH excluding ortho intramolecular Hbond substituents is 1. The second-order valence-electron chi connectivity index (χ2n) is 4.69. The van der Waals surface area contributed by atoms with Crippen molar-refractivity contribution in [2.75, 3.05) is 0 Å². The van der Waals surface area contributed by atoms with Crippen LogP contribution >= 0.6 is 15.9 Å². The summed E-state index contributed by atoms with van der Waals surface area (Å²) in [5.41, 5.74) is 1.85. The first-order valence-corrected chi connectivity index (χ1v) is 7.16. The monoisotopic (exact) mass is 333 g/mol. The zero-order chi connectivity index (χ0) is 14.5. The third kappa shape index (κ3) is 4.10. The standard InChI is InChI=1S/C16H16BrNO2/c1-11(13-5-7-14(17)8-6-13)18-16(20)10-12-3-2-4-15(19)9-12/h2-9,11,19H,10H2,1H3,(H,18,20). The Kier molecular flexibility index (Phi) is 4.79. The number of hydrogen-bond acceptors (Lipinski definition) is 2. The van der Waals surface area contributed by atoms with E-state index in [1.165, 1.54) is 0 Å². The van der Waals surface area contributed by atoms with E-state index in [9.17, 15) is 9.90 Å². The van der Waals surface area contributed by atoms with Gasteiger partial charge in [-0.25, -0.2) is 0 Å². The maximum atomic E-state index is 12.0. The SMILES string of the molecule is CC(NC(=O)Cc1cccc(O)c1)c1ccc(Br)cc1. The number of aromatic hydroxyl groups is 1. The number of halogens is 1. The smallest absolute Gasteiger partial charge is 0.224 e. The van der Waals surface area contributed by atoms with Crippen molar-refractivity contribution in [3.05, 3.63) is 64.1 Å². The highest BCUT2D eigenvalue weighted by atomic mass is 79.9. The van der Waals surface area contributed by atoms with E-state index in [1.54, 1.807) is 18.2 Å². The van der Waals surface area contributed by atoms with Gasteiger partial charge in [-0.1, -0.05) is 40.2 Å². The molecular weight excluding hydrogens is 318 g/mol. The lowest BCUT2D eigenvalue weighted by Gasteiger charge is -2.14. The molecule has 20 heavy (non-hydrogen) atoms. The van der Waals surface area contributed by atoms with E-state index in [1.807, 2.05) is 37.3 Å². The van der Waals surface area contributed by atoms with Crippen LogP contribution < -0.4 is 5.32 Å². The molecule has 2 aromatic carbocycles. The van der Waals surface area contributed by atoms with Crippen molar-refractivity contribution >= 4 is 21.8 Å². The van der Waals surface area contributed by atoms with Gasteiger partial charge >= 0.3 is 0 Å². The molecule has 2 N–H and O–H groups in total. The number of carbonyl (C=O) groups excluding carboxylic acids is 1. The first kappa shape index (κ1) is 14.6. The summed E-state index contributed by atoms with van der Waals surface area (Å²) in [7, 11) is 0. The second kappa shape index (κ2) is 6.57. The molecule has 0 saturated heterocycles. The Morgan fingerprint density at radius 1 is 1.25 bits per heavy atom. The molecule has 4 heteroatoms. The van der Waals surface area contributed by atoms with Crippen LogP contribution in [0.5, 0.6) is 5.75 Å². The van der Waals surface area contributed by atoms with E-state index >= 15 is 0 Å². The van der Waals surface area contributed by atoms with Crippen LogP contribution in [-0.2, 0) is 11.2 Å². The zero-order valence-corrected chi connectivity index (χ0v) is 12.7. The molecule has 1 unspecified atom stereocenters. The summed E-state index contributed by atoms with van der Waals surface area (Å²) in [6, 6.07) is 14.6.